The van der Waals surface area contributed by atoms with Crippen LogP contribution in [-0.4, -0.2) is 13.1 Å². The zero-order valence-corrected chi connectivity index (χ0v) is 8.81. The highest BCUT2D eigenvalue weighted by molar-refractivity contribution is 7.80. The van der Waals surface area contributed by atoms with E-state index in [4.69, 9.17) is 0 Å². The van der Waals surface area contributed by atoms with E-state index >= 15 is 0 Å². The second kappa shape index (κ2) is 3.83. The third-order valence-electron chi connectivity index (χ3n) is 1.85. The molecule has 0 saturated heterocycles. The van der Waals surface area contributed by atoms with E-state index in [9.17, 15) is 4.79 Å². The zero-order chi connectivity index (χ0) is 10.0. The van der Waals surface area contributed by atoms with Crippen LogP contribution in [0.3, 0.4) is 0 Å². The number of carbonyl (C=O) groups is 1. The molecule has 0 aromatic heterocycles. The molecular formula is C10H12O2S. The van der Waals surface area contributed by atoms with Gasteiger partial charge in [0.1, 0.15) is 0 Å². The molecule has 0 radical (unpaired) electrons. The topological polar surface area (TPSA) is 26.3 Å². The Balaban J connectivity index is 3.28. The van der Waals surface area contributed by atoms with Crippen LogP contribution in [0.4, 0.5) is 0 Å². The lowest BCUT2D eigenvalue weighted by Crippen LogP contribution is -2.05. The fourth-order valence-corrected chi connectivity index (χ4v) is 1.78. The summed E-state index contributed by atoms with van der Waals surface area (Å²) in [5, 5.41) is 0. The summed E-state index contributed by atoms with van der Waals surface area (Å²) in [6, 6.07) is 3.79. The minimum Gasteiger partial charge on any atom is -0.465 e. The van der Waals surface area contributed by atoms with Crippen molar-refractivity contribution in [3.8, 4) is 0 Å². The number of carbonyl (C=O) groups excluding carboxylic acids is 1. The van der Waals surface area contributed by atoms with Crippen molar-refractivity contribution in [3.63, 3.8) is 0 Å². The van der Waals surface area contributed by atoms with Crippen LogP contribution in [0.2, 0.25) is 0 Å². The molecule has 70 valence electrons. The molecule has 0 atom stereocenters. The highest BCUT2D eigenvalue weighted by Gasteiger charge is 2.12. The van der Waals surface area contributed by atoms with Gasteiger partial charge in [-0.15, -0.1) is 12.6 Å². The Labute approximate surface area is 83.3 Å². The average Bonchev–Trinajstić information content (AvgIpc) is 2.02. The normalized spacial score (nSPS) is 9.85. The molecule has 0 spiro atoms. The summed E-state index contributed by atoms with van der Waals surface area (Å²) in [5.41, 5.74) is 2.54. The van der Waals surface area contributed by atoms with Gasteiger partial charge < -0.3 is 4.74 Å². The van der Waals surface area contributed by atoms with Gasteiger partial charge in [-0.3, -0.25) is 0 Å². The molecule has 0 bridgehead atoms. The number of methoxy groups -OCH3 is 1. The van der Waals surface area contributed by atoms with Gasteiger partial charge in [0.25, 0.3) is 0 Å². The molecule has 0 heterocycles. The van der Waals surface area contributed by atoms with Crippen molar-refractivity contribution in [2.45, 2.75) is 18.7 Å². The molecule has 0 unspecified atom stereocenters. The highest BCUT2D eigenvalue weighted by atomic mass is 32.1. The highest BCUT2D eigenvalue weighted by Crippen LogP contribution is 2.20. The first-order valence-corrected chi connectivity index (χ1v) is 4.39. The maximum absolute atomic E-state index is 11.3. The number of benzene rings is 1. The predicted octanol–water partition coefficient (Wildman–Crippen LogP) is 2.38. The summed E-state index contributed by atoms with van der Waals surface area (Å²) in [7, 11) is 1.37. The van der Waals surface area contributed by atoms with Gasteiger partial charge in [-0.25, -0.2) is 4.79 Å². The van der Waals surface area contributed by atoms with Crippen LogP contribution in [-0.2, 0) is 4.74 Å². The molecule has 1 aromatic carbocycles. The van der Waals surface area contributed by atoms with Crippen LogP contribution < -0.4 is 0 Å². The van der Waals surface area contributed by atoms with Crippen LogP contribution in [0.15, 0.2) is 17.0 Å². The Morgan fingerprint density at radius 2 is 2.00 bits per heavy atom. The molecule has 1 aromatic rings. The van der Waals surface area contributed by atoms with E-state index in [1.165, 1.54) is 7.11 Å². The fraction of sp³-hybridized carbons (Fsp3) is 0.300. The number of aryl methyl sites for hydroxylation is 2. The Morgan fingerprint density at radius 3 is 2.46 bits per heavy atom. The molecule has 0 aliphatic heterocycles. The van der Waals surface area contributed by atoms with Crippen molar-refractivity contribution < 1.29 is 9.53 Å². The lowest BCUT2D eigenvalue weighted by molar-refractivity contribution is 0.0596. The minimum absolute atomic E-state index is 0.331. The Morgan fingerprint density at radius 1 is 1.38 bits per heavy atom. The van der Waals surface area contributed by atoms with Gasteiger partial charge in [0.15, 0.2) is 0 Å². The summed E-state index contributed by atoms with van der Waals surface area (Å²) in [5.74, 6) is -0.331. The van der Waals surface area contributed by atoms with Gasteiger partial charge in [0.05, 0.1) is 12.7 Å². The molecule has 0 aliphatic carbocycles. The molecule has 0 aliphatic rings. The first-order valence-electron chi connectivity index (χ1n) is 3.94. The van der Waals surface area contributed by atoms with Gasteiger partial charge in [-0.1, -0.05) is 6.07 Å². The summed E-state index contributed by atoms with van der Waals surface area (Å²) < 4.78 is 4.65. The van der Waals surface area contributed by atoms with Crippen LogP contribution in [0.5, 0.6) is 0 Å². The van der Waals surface area contributed by atoms with E-state index in [0.29, 0.717) is 10.5 Å². The van der Waals surface area contributed by atoms with Crippen molar-refractivity contribution >= 4 is 18.6 Å². The van der Waals surface area contributed by atoms with E-state index in [1.54, 1.807) is 0 Å². The summed E-state index contributed by atoms with van der Waals surface area (Å²) in [6.07, 6.45) is 0. The number of hydrogen-bond acceptors (Lipinski definition) is 3. The summed E-state index contributed by atoms with van der Waals surface area (Å²) >= 11 is 4.23. The average molecular weight is 196 g/mol. The first kappa shape index (κ1) is 10.1. The zero-order valence-electron chi connectivity index (χ0n) is 7.92. The number of esters is 1. The number of ether oxygens (including phenoxy) is 1. The van der Waals surface area contributed by atoms with Crippen molar-refractivity contribution in [2.75, 3.05) is 7.11 Å². The molecule has 0 amide bonds. The SMILES string of the molecule is COC(=O)c1c(C)cc(C)cc1S. The van der Waals surface area contributed by atoms with Gasteiger partial charge in [0, 0.05) is 4.90 Å². The van der Waals surface area contributed by atoms with Gasteiger partial charge >= 0.3 is 5.97 Å². The van der Waals surface area contributed by atoms with Crippen LogP contribution in [0.1, 0.15) is 21.5 Å². The molecule has 2 nitrogen and oxygen atoms in total. The molecule has 1 rings (SSSR count). The molecule has 13 heavy (non-hydrogen) atoms. The smallest absolute Gasteiger partial charge is 0.339 e. The lowest BCUT2D eigenvalue weighted by Gasteiger charge is -2.07. The largest absolute Gasteiger partial charge is 0.465 e. The third-order valence-corrected chi connectivity index (χ3v) is 2.20. The van der Waals surface area contributed by atoms with E-state index in [0.717, 1.165) is 11.1 Å². The third kappa shape index (κ3) is 2.04. The first-order chi connectivity index (χ1) is 6.06. The maximum atomic E-state index is 11.3. The van der Waals surface area contributed by atoms with Crippen LogP contribution in [0.25, 0.3) is 0 Å². The quantitative estimate of drug-likeness (QED) is 0.551. The van der Waals surface area contributed by atoms with E-state index < -0.39 is 0 Å². The number of hydrogen-bond donors (Lipinski definition) is 1. The molecule has 3 heteroatoms. The van der Waals surface area contributed by atoms with Crippen molar-refractivity contribution in [1.29, 1.82) is 0 Å². The Kier molecular flexibility index (Phi) is 2.98. The van der Waals surface area contributed by atoms with Gasteiger partial charge in [-0.05, 0) is 31.0 Å². The van der Waals surface area contributed by atoms with Crippen molar-refractivity contribution in [3.05, 3.63) is 28.8 Å². The second-order valence-electron chi connectivity index (χ2n) is 2.97. The van der Waals surface area contributed by atoms with E-state index in [-0.39, 0.29) is 5.97 Å². The molecule has 0 saturated carbocycles. The van der Waals surface area contributed by atoms with Crippen molar-refractivity contribution in [1.82, 2.24) is 0 Å². The number of thiol groups is 1. The molecular weight excluding hydrogens is 184 g/mol. The molecule has 0 N–H and O–H groups in total. The monoisotopic (exact) mass is 196 g/mol. The van der Waals surface area contributed by atoms with Crippen LogP contribution >= 0.6 is 12.6 Å². The second-order valence-corrected chi connectivity index (χ2v) is 3.45. The van der Waals surface area contributed by atoms with Gasteiger partial charge in [0.2, 0.25) is 0 Å². The van der Waals surface area contributed by atoms with E-state index in [2.05, 4.69) is 17.4 Å². The summed E-state index contributed by atoms with van der Waals surface area (Å²) in [6.45, 7) is 3.84. The van der Waals surface area contributed by atoms with E-state index in [1.807, 2.05) is 26.0 Å². The van der Waals surface area contributed by atoms with Crippen LogP contribution in [0, 0.1) is 13.8 Å². The maximum Gasteiger partial charge on any atom is 0.339 e. The van der Waals surface area contributed by atoms with Gasteiger partial charge in [-0.2, -0.15) is 0 Å². The lowest BCUT2D eigenvalue weighted by atomic mass is 10.1. The van der Waals surface area contributed by atoms with Crippen molar-refractivity contribution in [2.24, 2.45) is 0 Å². The Bertz CT molecular complexity index is 322. The molecule has 0 fully saturated rings. The Hall–Kier alpha value is -0.960. The summed E-state index contributed by atoms with van der Waals surface area (Å²) in [4.78, 5) is 12.0. The number of rotatable bonds is 1. The standard InChI is InChI=1S/C10H12O2S/c1-6-4-7(2)9(8(13)5-6)10(11)12-3/h4-5,13H,1-3H3. The fourth-order valence-electron chi connectivity index (χ4n) is 1.31. The minimum atomic E-state index is -0.331. The predicted molar refractivity (Wildman–Crippen MR) is 54.5 cm³/mol.